The summed E-state index contributed by atoms with van der Waals surface area (Å²) in [5, 5.41) is 18.6. The highest BCUT2D eigenvalue weighted by molar-refractivity contribution is 4.81. The zero-order valence-electron chi connectivity index (χ0n) is 18.2. The SMILES string of the molecule is CCCCCCCCCCCCCCCCOC(CCN)(CCO)CCO. The van der Waals surface area contributed by atoms with Gasteiger partial charge < -0.3 is 20.7 Å². The predicted molar refractivity (Wildman–Crippen MR) is 116 cm³/mol. The maximum absolute atomic E-state index is 9.28. The Morgan fingerprint density at radius 2 is 1.04 bits per heavy atom. The van der Waals surface area contributed by atoms with E-state index in [9.17, 15) is 10.2 Å². The molecule has 0 radical (unpaired) electrons. The second kappa shape index (κ2) is 20.6. The van der Waals surface area contributed by atoms with Crippen LogP contribution in [0.5, 0.6) is 0 Å². The Balaban J connectivity index is 3.49. The third-order valence-electron chi connectivity index (χ3n) is 5.64. The summed E-state index contributed by atoms with van der Waals surface area (Å²) in [7, 11) is 0. The van der Waals surface area contributed by atoms with Gasteiger partial charge in [0.2, 0.25) is 0 Å². The van der Waals surface area contributed by atoms with Crippen LogP contribution in [0.25, 0.3) is 0 Å². The number of nitrogens with two attached hydrogens (primary N) is 1. The maximum Gasteiger partial charge on any atom is 0.0738 e. The van der Waals surface area contributed by atoms with Gasteiger partial charge in [-0.1, -0.05) is 90.4 Å². The van der Waals surface area contributed by atoms with Crippen molar-refractivity contribution in [3.05, 3.63) is 0 Å². The Hall–Kier alpha value is -0.160. The van der Waals surface area contributed by atoms with Gasteiger partial charge in [0.05, 0.1) is 5.60 Å². The number of unbranched alkanes of at least 4 members (excludes halogenated alkanes) is 13. The van der Waals surface area contributed by atoms with Crippen molar-refractivity contribution in [1.29, 1.82) is 0 Å². The van der Waals surface area contributed by atoms with Crippen LogP contribution in [-0.4, -0.2) is 42.2 Å². The standard InChI is InChI=1S/C23H49NO3/c1-2-3-4-5-6-7-8-9-10-11-12-13-14-15-22-27-23(16-19-24,17-20-25)18-21-26/h25-26H,2-22,24H2,1H3. The Bertz CT molecular complexity index is 270. The summed E-state index contributed by atoms with van der Waals surface area (Å²) in [4.78, 5) is 0. The van der Waals surface area contributed by atoms with Gasteiger partial charge in [0, 0.05) is 19.8 Å². The lowest BCUT2D eigenvalue weighted by Gasteiger charge is -2.33. The molecule has 0 aliphatic carbocycles. The van der Waals surface area contributed by atoms with Crippen LogP contribution in [0.15, 0.2) is 0 Å². The van der Waals surface area contributed by atoms with Crippen LogP contribution in [0.2, 0.25) is 0 Å². The summed E-state index contributed by atoms with van der Waals surface area (Å²) in [5.41, 5.74) is 5.25. The summed E-state index contributed by atoms with van der Waals surface area (Å²) in [5.74, 6) is 0. The van der Waals surface area contributed by atoms with E-state index >= 15 is 0 Å². The van der Waals surface area contributed by atoms with E-state index in [1.807, 2.05) is 0 Å². The molecule has 0 amide bonds. The van der Waals surface area contributed by atoms with Crippen molar-refractivity contribution in [2.24, 2.45) is 5.73 Å². The first-order chi connectivity index (χ1) is 13.2. The second-order valence-electron chi connectivity index (χ2n) is 8.11. The zero-order chi connectivity index (χ0) is 20.1. The fraction of sp³-hybridized carbons (Fsp3) is 1.00. The quantitative estimate of drug-likeness (QED) is 0.219. The van der Waals surface area contributed by atoms with Crippen LogP contribution >= 0.6 is 0 Å². The van der Waals surface area contributed by atoms with Crippen LogP contribution in [0.1, 0.15) is 116 Å². The first-order valence-corrected chi connectivity index (χ1v) is 11.8. The lowest BCUT2D eigenvalue weighted by atomic mass is 9.92. The van der Waals surface area contributed by atoms with Crippen LogP contribution in [0.3, 0.4) is 0 Å². The molecule has 164 valence electrons. The van der Waals surface area contributed by atoms with E-state index in [0.29, 0.717) is 32.4 Å². The molecule has 0 fully saturated rings. The molecule has 0 aromatic heterocycles. The molecule has 4 heteroatoms. The summed E-state index contributed by atoms with van der Waals surface area (Å²) < 4.78 is 6.06. The molecule has 4 N–H and O–H groups in total. The molecule has 0 spiro atoms. The molecule has 0 rings (SSSR count). The van der Waals surface area contributed by atoms with Gasteiger partial charge in [0.1, 0.15) is 0 Å². The maximum atomic E-state index is 9.28. The number of hydrogen-bond donors (Lipinski definition) is 3. The normalized spacial score (nSPS) is 12.0. The lowest BCUT2D eigenvalue weighted by molar-refractivity contribution is -0.0781. The minimum atomic E-state index is -0.436. The van der Waals surface area contributed by atoms with E-state index in [-0.39, 0.29) is 13.2 Å². The molecule has 0 unspecified atom stereocenters. The number of aliphatic hydroxyl groups is 2. The van der Waals surface area contributed by atoms with Crippen LogP contribution < -0.4 is 5.73 Å². The zero-order valence-corrected chi connectivity index (χ0v) is 18.2. The van der Waals surface area contributed by atoms with Crippen molar-refractivity contribution in [3.8, 4) is 0 Å². The number of aliphatic hydroxyl groups excluding tert-OH is 2. The smallest absolute Gasteiger partial charge is 0.0738 e. The van der Waals surface area contributed by atoms with Crippen LogP contribution in [0.4, 0.5) is 0 Å². The molecule has 0 aromatic rings. The molecule has 0 heterocycles. The topological polar surface area (TPSA) is 75.7 Å². The largest absolute Gasteiger partial charge is 0.396 e. The second-order valence-corrected chi connectivity index (χ2v) is 8.11. The van der Waals surface area contributed by atoms with E-state index in [1.165, 1.54) is 83.5 Å². The van der Waals surface area contributed by atoms with E-state index in [0.717, 1.165) is 6.42 Å². The van der Waals surface area contributed by atoms with E-state index in [4.69, 9.17) is 10.5 Å². The number of rotatable bonds is 22. The van der Waals surface area contributed by atoms with E-state index in [2.05, 4.69) is 6.92 Å². The third kappa shape index (κ3) is 16.5. The van der Waals surface area contributed by atoms with Gasteiger partial charge >= 0.3 is 0 Å². The molecule has 27 heavy (non-hydrogen) atoms. The summed E-state index contributed by atoms with van der Waals surface area (Å²) in [6.45, 7) is 3.67. The average Bonchev–Trinajstić information content (AvgIpc) is 2.65. The Morgan fingerprint density at radius 1 is 0.630 bits per heavy atom. The fourth-order valence-corrected chi connectivity index (χ4v) is 3.85. The minimum absolute atomic E-state index is 0.0821. The minimum Gasteiger partial charge on any atom is -0.396 e. The number of hydrogen-bond acceptors (Lipinski definition) is 4. The van der Waals surface area contributed by atoms with Gasteiger partial charge in [-0.25, -0.2) is 0 Å². The van der Waals surface area contributed by atoms with Gasteiger partial charge in [-0.15, -0.1) is 0 Å². The van der Waals surface area contributed by atoms with Gasteiger partial charge in [0.15, 0.2) is 0 Å². The molecular formula is C23H49NO3. The molecule has 0 saturated carbocycles. The van der Waals surface area contributed by atoms with Gasteiger partial charge in [-0.05, 0) is 32.2 Å². The summed E-state index contributed by atoms with van der Waals surface area (Å²) >= 11 is 0. The van der Waals surface area contributed by atoms with Gasteiger partial charge in [-0.3, -0.25) is 0 Å². The third-order valence-corrected chi connectivity index (χ3v) is 5.64. The fourth-order valence-electron chi connectivity index (χ4n) is 3.85. The highest BCUT2D eigenvalue weighted by atomic mass is 16.5. The van der Waals surface area contributed by atoms with Crippen molar-refractivity contribution in [3.63, 3.8) is 0 Å². The molecule has 0 atom stereocenters. The van der Waals surface area contributed by atoms with Gasteiger partial charge in [-0.2, -0.15) is 0 Å². The predicted octanol–water partition coefficient (Wildman–Crippen LogP) is 5.34. The van der Waals surface area contributed by atoms with E-state index < -0.39 is 5.60 Å². The van der Waals surface area contributed by atoms with Crippen LogP contribution in [0, 0.1) is 0 Å². The van der Waals surface area contributed by atoms with E-state index in [1.54, 1.807) is 0 Å². The van der Waals surface area contributed by atoms with Crippen molar-refractivity contribution < 1.29 is 14.9 Å². The van der Waals surface area contributed by atoms with Gasteiger partial charge in [0.25, 0.3) is 0 Å². The summed E-state index contributed by atoms with van der Waals surface area (Å²) in [6, 6.07) is 0. The molecule has 4 nitrogen and oxygen atoms in total. The molecule has 0 saturated heterocycles. The lowest BCUT2D eigenvalue weighted by Crippen LogP contribution is -2.37. The van der Waals surface area contributed by atoms with Crippen molar-refractivity contribution >= 4 is 0 Å². The van der Waals surface area contributed by atoms with Crippen molar-refractivity contribution in [2.75, 3.05) is 26.4 Å². The first kappa shape index (κ1) is 26.8. The highest BCUT2D eigenvalue weighted by Gasteiger charge is 2.29. The average molecular weight is 388 g/mol. The molecule has 0 aliphatic rings. The molecule has 0 aromatic carbocycles. The van der Waals surface area contributed by atoms with Crippen molar-refractivity contribution in [2.45, 2.75) is 122 Å². The Morgan fingerprint density at radius 3 is 1.41 bits per heavy atom. The van der Waals surface area contributed by atoms with Crippen molar-refractivity contribution in [1.82, 2.24) is 0 Å². The summed E-state index contributed by atoms with van der Waals surface area (Å²) in [6.07, 6.45) is 20.7. The number of ether oxygens (including phenoxy) is 1. The molecule has 0 aliphatic heterocycles. The highest BCUT2D eigenvalue weighted by Crippen LogP contribution is 2.25. The Kier molecular flexibility index (Phi) is 20.4. The Labute approximate surface area is 169 Å². The molecular weight excluding hydrogens is 338 g/mol. The first-order valence-electron chi connectivity index (χ1n) is 11.8. The van der Waals surface area contributed by atoms with Crippen LogP contribution in [-0.2, 0) is 4.74 Å². The molecule has 0 bridgehead atoms. The monoisotopic (exact) mass is 387 g/mol.